The second-order valence-corrected chi connectivity index (χ2v) is 14.1. The topological polar surface area (TPSA) is 38.0 Å². The first kappa shape index (κ1) is 25.2. The molecule has 0 saturated heterocycles. The fourth-order valence-electron chi connectivity index (χ4n) is 6.24. The van der Waals surface area contributed by atoms with Crippen molar-refractivity contribution in [3.8, 4) is 44.5 Å². The van der Waals surface area contributed by atoms with Crippen molar-refractivity contribution in [3.05, 3.63) is 247 Å². The molecule has 284 valence electrons. The van der Waals surface area contributed by atoms with Gasteiger partial charge in [0, 0.05) is 21.5 Å². The van der Waals surface area contributed by atoms with E-state index in [0.29, 0.717) is 11.1 Å². The Kier molecular flexibility index (Phi) is 8.05. The van der Waals surface area contributed by atoms with Crippen LogP contribution < -0.4 is 11.1 Å². The molecular formula is C56H43BrN2. The molecule has 59 heavy (non-hydrogen) atoms. The number of nitrogens with one attached hydrogen (secondary N) is 1. The lowest BCUT2D eigenvalue weighted by Crippen LogP contribution is -1.90. The lowest BCUT2D eigenvalue weighted by atomic mass is 9.98. The summed E-state index contributed by atoms with van der Waals surface area (Å²) in [6.45, 7) is 0. The molecule has 10 aromatic carbocycles. The van der Waals surface area contributed by atoms with Crippen LogP contribution in [0.1, 0.15) is 19.2 Å². The van der Waals surface area contributed by atoms with Crippen LogP contribution in [0, 0.1) is 0 Å². The van der Waals surface area contributed by atoms with Gasteiger partial charge in [0.15, 0.2) is 0 Å². The predicted octanol–water partition coefficient (Wildman–Crippen LogP) is 16.1. The number of benzene rings is 10. The fraction of sp³-hybridized carbons (Fsp3) is 0. The third kappa shape index (κ3) is 9.85. The third-order valence-corrected chi connectivity index (χ3v) is 9.76. The van der Waals surface area contributed by atoms with E-state index in [0.717, 1.165) is 32.7 Å². The van der Waals surface area contributed by atoms with Crippen LogP contribution in [0.5, 0.6) is 0 Å². The largest absolute Gasteiger partial charge is 0.399 e. The van der Waals surface area contributed by atoms with Crippen molar-refractivity contribution in [2.45, 2.75) is 0 Å². The van der Waals surface area contributed by atoms with Gasteiger partial charge in [-0.3, -0.25) is 0 Å². The Morgan fingerprint density at radius 2 is 0.712 bits per heavy atom. The number of nitrogen functional groups attached to an aromatic ring is 1. The minimum absolute atomic E-state index is 0.0279. The van der Waals surface area contributed by atoms with Crippen LogP contribution in [0.3, 0.4) is 0 Å². The summed E-state index contributed by atoms with van der Waals surface area (Å²) in [4.78, 5) is 0. The number of anilines is 3. The maximum Gasteiger partial charge on any atom is 0.0629 e. The molecule has 0 saturated carbocycles. The Hall–Kier alpha value is -7.20. The van der Waals surface area contributed by atoms with E-state index in [1.54, 1.807) is 36.4 Å². The van der Waals surface area contributed by atoms with Gasteiger partial charge in [-0.2, -0.15) is 0 Å². The number of hydrogen-bond donors (Lipinski definition) is 2. The molecule has 0 amide bonds. The van der Waals surface area contributed by atoms with E-state index >= 15 is 0 Å². The van der Waals surface area contributed by atoms with E-state index < -0.39 is 24.2 Å². The Balaban J connectivity index is 0.000000164. The van der Waals surface area contributed by atoms with Crippen molar-refractivity contribution in [1.82, 2.24) is 0 Å². The molecule has 0 aromatic heterocycles. The molecule has 0 aliphatic heterocycles. The quantitative estimate of drug-likeness (QED) is 0.164. The summed E-state index contributed by atoms with van der Waals surface area (Å²) in [5.41, 5.74) is 14.3. The highest BCUT2D eigenvalue weighted by Crippen LogP contribution is 2.31. The summed E-state index contributed by atoms with van der Waals surface area (Å²) in [5, 5.41) is 3.46. The van der Waals surface area contributed by atoms with Crippen LogP contribution in [-0.4, -0.2) is 0 Å². The number of hydrogen-bond acceptors (Lipinski definition) is 2. The molecule has 0 radical (unpaired) electrons. The average molecular weight is 838 g/mol. The molecule has 0 unspecified atom stereocenters. The number of nitrogens with two attached hydrogens (primary N) is 1. The van der Waals surface area contributed by atoms with Gasteiger partial charge in [-0.15, -0.1) is 0 Å². The Morgan fingerprint density at radius 3 is 1.17 bits per heavy atom. The van der Waals surface area contributed by atoms with Crippen molar-refractivity contribution in [1.29, 1.82) is 0 Å². The molecule has 3 heteroatoms. The van der Waals surface area contributed by atoms with E-state index in [1.165, 1.54) is 11.1 Å². The molecule has 10 aromatic rings. The van der Waals surface area contributed by atoms with E-state index in [9.17, 15) is 0 Å². The highest BCUT2D eigenvalue weighted by Gasteiger charge is 2.05. The molecule has 0 bridgehead atoms. The molecule has 0 fully saturated rings. The summed E-state index contributed by atoms with van der Waals surface area (Å²) in [6.07, 6.45) is 0. The van der Waals surface area contributed by atoms with Gasteiger partial charge in [-0.1, -0.05) is 210 Å². The van der Waals surface area contributed by atoms with Gasteiger partial charge < -0.3 is 11.1 Å². The van der Waals surface area contributed by atoms with Crippen molar-refractivity contribution < 1.29 is 19.2 Å². The number of rotatable bonds is 6. The van der Waals surface area contributed by atoms with Crippen molar-refractivity contribution in [2.24, 2.45) is 0 Å². The molecular weight excluding hydrogens is 781 g/mol. The first-order chi connectivity index (χ1) is 34.9. The Labute approximate surface area is 375 Å². The normalized spacial score (nSPS) is 13.8. The average Bonchev–Trinajstić information content (AvgIpc) is 3.41. The van der Waals surface area contributed by atoms with Gasteiger partial charge in [0.05, 0.1) is 19.2 Å². The second-order valence-electron chi connectivity index (χ2n) is 13.1. The molecule has 2 nitrogen and oxygen atoms in total. The summed E-state index contributed by atoms with van der Waals surface area (Å²) in [5.74, 6) is 0. The lowest BCUT2D eigenvalue weighted by molar-refractivity contribution is 1.54. The van der Waals surface area contributed by atoms with Crippen molar-refractivity contribution in [3.63, 3.8) is 0 Å². The zero-order valence-electron chi connectivity index (χ0n) is 45.5. The van der Waals surface area contributed by atoms with Gasteiger partial charge in [0.1, 0.15) is 0 Å². The second kappa shape index (κ2) is 18.8. The van der Waals surface area contributed by atoms with E-state index in [4.69, 9.17) is 24.9 Å². The van der Waals surface area contributed by atoms with Gasteiger partial charge >= 0.3 is 0 Å². The maximum absolute atomic E-state index is 8.50. The predicted molar refractivity (Wildman–Crippen MR) is 258 cm³/mol. The minimum atomic E-state index is -0.457. The first-order valence-corrected chi connectivity index (χ1v) is 19.4. The summed E-state index contributed by atoms with van der Waals surface area (Å²) >= 11 is 3.32. The van der Waals surface area contributed by atoms with Gasteiger partial charge in [-0.05, 0) is 115 Å². The Morgan fingerprint density at radius 1 is 0.356 bits per heavy atom. The molecule has 10 rings (SSSR count). The Bertz CT molecular complexity index is 3660. The lowest BCUT2D eigenvalue weighted by Gasteiger charge is -2.10. The standard InChI is InChI=1S/C28H21N.C16H11Br.C12H11N/c1-2-7-21(8-3-1)22-13-17-25(18-14-22)29-26-19-15-24(16-20-26)28-12-6-10-23-9-4-5-11-27(23)28;17-14-10-8-13(9-11-14)16-7-3-5-12-4-1-2-6-15(12)16;13-12-8-6-11(7-9-12)10-4-2-1-3-5-10/h1-20,29H;1-11H;1-9H,13H2/i4D,5D,6D,9D,10D,11D,12D;1D,2D,3D,4D,5D,6D,7D;. The van der Waals surface area contributed by atoms with Crippen LogP contribution in [0.2, 0.25) is 0 Å². The van der Waals surface area contributed by atoms with E-state index in [-0.39, 0.29) is 93.1 Å². The summed E-state index contributed by atoms with van der Waals surface area (Å²) < 4.78 is 115. The molecule has 0 aliphatic carbocycles. The number of fused-ring (bicyclic) bond motifs is 2. The van der Waals surface area contributed by atoms with Crippen LogP contribution in [-0.2, 0) is 0 Å². The third-order valence-electron chi connectivity index (χ3n) is 9.23. The number of halogens is 1. The monoisotopic (exact) mass is 836 g/mol. The van der Waals surface area contributed by atoms with Gasteiger partial charge in [-0.25, -0.2) is 0 Å². The fourth-order valence-corrected chi connectivity index (χ4v) is 6.51. The molecule has 0 heterocycles. The molecule has 3 N–H and O–H groups in total. The zero-order valence-corrected chi connectivity index (χ0v) is 33.1. The van der Waals surface area contributed by atoms with E-state index in [1.807, 2.05) is 97.1 Å². The van der Waals surface area contributed by atoms with Crippen LogP contribution in [0.15, 0.2) is 247 Å². The van der Waals surface area contributed by atoms with E-state index in [2.05, 4.69) is 45.5 Å². The summed E-state index contributed by atoms with van der Waals surface area (Å²) in [6, 6.07) is 45.4. The highest BCUT2D eigenvalue weighted by atomic mass is 79.9. The van der Waals surface area contributed by atoms with Crippen LogP contribution >= 0.6 is 15.9 Å². The first-order valence-electron chi connectivity index (χ1n) is 25.6. The maximum atomic E-state index is 8.50. The smallest absolute Gasteiger partial charge is 0.0629 e. The van der Waals surface area contributed by atoms with Crippen LogP contribution in [0.25, 0.3) is 66.1 Å². The molecule has 0 spiro atoms. The SMILES string of the molecule is Nc1ccc(-c2ccccc2)cc1.[2H]c1c([2H])c([2H])c2c(-c3ccc(Br)cc3)c([2H])c([2H])c([2H])c2c1[2H].[2H]c1c([2H])c([2H])c2c(-c3ccc(Nc4ccc(-c5ccccc5)cc4)cc3)c([2H])c([2H])c([2H])c2c1[2H]. The van der Waals surface area contributed by atoms with Gasteiger partial charge in [0.2, 0.25) is 0 Å². The van der Waals surface area contributed by atoms with Crippen molar-refractivity contribution in [2.75, 3.05) is 11.1 Å². The summed E-state index contributed by atoms with van der Waals surface area (Å²) in [7, 11) is 0. The van der Waals surface area contributed by atoms with Crippen molar-refractivity contribution >= 4 is 54.5 Å². The zero-order chi connectivity index (χ0) is 52.4. The minimum Gasteiger partial charge on any atom is -0.399 e. The van der Waals surface area contributed by atoms with Crippen LogP contribution in [0.4, 0.5) is 17.1 Å². The molecule has 0 aliphatic rings. The highest BCUT2D eigenvalue weighted by molar-refractivity contribution is 9.10. The molecule has 0 atom stereocenters. The van der Waals surface area contributed by atoms with Gasteiger partial charge in [0.25, 0.3) is 0 Å².